The maximum atomic E-state index is 13.6. The van der Waals surface area contributed by atoms with Crippen molar-refractivity contribution in [2.24, 2.45) is 12.0 Å². The lowest BCUT2D eigenvalue weighted by molar-refractivity contribution is -0.00805. The van der Waals surface area contributed by atoms with Gasteiger partial charge in [-0.3, -0.25) is 9.67 Å². The van der Waals surface area contributed by atoms with Crippen LogP contribution in [0, 0.1) is 5.82 Å². The molecule has 1 aromatic heterocycles. The molecule has 1 atom stereocenters. The molecule has 6 nitrogen and oxygen atoms in total. The number of guanidine groups is 1. The van der Waals surface area contributed by atoms with Gasteiger partial charge in [0.05, 0.1) is 19.3 Å². The van der Waals surface area contributed by atoms with Crippen LogP contribution in [0.4, 0.5) is 4.39 Å². The van der Waals surface area contributed by atoms with E-state index in [2.05, 4.69) is 20.3 Å². The summed E-state index contributed by atoms with van der Waals surface area (Å²) >= 11 is 0. The Morgan fingerprint density at radius 1 is 1.43 bits per heavy atom. The van der Waals surface area contributed by atoms with Crippen molar-refractivity contribution in [2.75, 3.05) is 33.3 Å². The van der Waals surface area contributed by atoms with E-state index in [4.69, 9.17) is 4.74 Å². The first-order valence-electron chi connectivity index (χ1n) is 9.41. The Bertz CT molecular complexity index is 836. The number of rotatable bonds is 4. The maximum Gasteiger partial charge on any atom is 0.193 e. The molecule has 2 aliphatic rings. The number of halogens is 2. The predicted octanol–water partition coefficient (Wildman–Crippen LogP) is 2.86. The van der Waals surface area contributed by atoms with Crippen molar-refractivity contribution in [3.05, 3.63) is 53.6 Å². The van der Waals surface area contributed by atoms with Crippen LogP contribution < -0.4 is 5.32 Å². The lowest BCUT2D eigenvalue weighted by Gasteiger charge is -2.35. The molecule has 1 saturated heterocycles. The highest BCUT2D eigenvalue weighted by atomic mass is 127. The van der Waals surface area contributed by atoms with Gasteiger partial charge in [0.1, 0.15) is 11.9 Å². The summed E-state index contributed by atoms with van der Waals surface area (Å²) in [6.07, 6.45) is 5.98. The first-order chi connectivity index (χ1) is 13.1. The summed E-state index contributed by atoms with van der Waals surface area (Å²) in [4.78, 5) is 6.69. The summed E-state index contributed by atoms with van der Waals surface area (Å²) in [5, 5.41) is 7.76. The quantitative estimate of drug-likeness (QED) is 0.400. The summed E-state index contributed by atoms with van der Waals surface area (Å²) < 4.78 is 21.3. The number of aliphatic imine (C=N–C) groups is 1. The Balaban J connectivity index is 0.00000225. The molecule has 0 bridgehead atoms. The second-order valence-electron chi connectivity index (χ2n) is 7.44. The second kappa shape index (κ2) is 8.77. The van der Waals surface area contributed by atoms with Gasteiger partial charge in [-0.25, -0.2) is 4.39 Å². The average Bonchev–Trinajstić information content (AvgIpc) is 3.35. The van der Waals surface area contributed by atoms with Crippen LogP contribution in [0.3, 0.4) is 0 Å². The van der Waals surface area contributed by atoms with Crippen molar-refractivity contribution in [1.82, 2.24) is 20.0 Å². The van der Waals surface area contributed by atoms with Crippen LogP contribution in [-0.4, -0.2) is 53.9 Å². The highest BCUT2D eigenvalue weighted by molar-refractivity contribution is 14.0. The Hall–Kier alpha value is -1.68. The van der Waals surface area contributed by atoms with Crippen molar-refractivity contribution in [1.29, 1.82) is 0 Å². The van der Waals surface area contributed by atoms with Crippen LogP contribution >= 0.6 is 24.0 Å². The van der Waals surface area contributed by atoms with Crippen LogP contribution in [0.5, 0.6) is 0 Å². The number of hydrogen-bond acceptors (Lipinski definition) is 3. The number of hydrogen-bond donors (Lipinski definition) is 1. The molecule has 152 valence electrons. The zero-order valence-corrected chi connectivity index (χ0v) is 18.6. The van der Waals surface area contributed by atoms with Crippen LogP contribution in [0.2, 0.25) is 0 Å². The molecule has 1 aromatic carbocycles. The number of nitrogens with one attached hydrogen (secondary N) is 1. The van der Waals surface area contributed by atoms with Crippen molar-refractivity contribution in [2.45, 2.75) is 24.4 Å². The molecule has 0 amide bonds. The lowest BCUT2D eigenvalue weighted by Crippen LogP contribution is -2.49. The van der Waals surface area contributed by atoms with Gasteiger partial charge < -0.3 is 15.0 Å². The van der Waals surface area contributed by atoms with Crippen molar-refractivity contribution < 1.29 is 9.13 Å². The van der Waals surface area contributed by atoms with E-state index in [9.17, 15) is 4.39 Å². The van der Waals surface area contributed by atoms with E-state index in [1.54, 1.807) is 23.9 Å². The molecule has 1 saturated carbocycles. The fourth-order valence-corrected chi connectivity index (χ4v) is 3.77. The van der Waals surface area contributed by atoms with E-state index < -0.39 is 0 Å². The predicted molar refractivity (Wildman–Crippen MR) is 118 cm³/mol. The third-order valence-electron chi connectivity index (χ3n) is 5.55. The zero-order chi connectivity index (χ0) is 18.9. The zero-order valence-electron chi connectivity index (χ0n) is 16.3. The average molecular weight is 499 g/mol. The van der Waals surface area contributed by atoms with Crippen LogP contribution in [0.1, 0.15) is 30.1 Å². The molecule has 1 unspecified atom stereocenters. The summed E-state index contributed by atoms with van der Waals surface area (Å²) in [5.41, 5.74) is 2.17. The topological polar surface area (TPSA) is 54.7 Å². The van der Waals surface area contributed by atoms with Crippen LogP contribution in [-0.2, 0) is 17.2 Å². The highest BCUT2D eigenvalue weighted by Gasteiger charge is 2.44. The number of aromatic nitrogens is 2. The second-order valence-corrected chi connectivity index (χ2v) is 7.44. The first-order valence-corrected chi connectivity index (χ1v) is 9.41. The minimum Gasteiger partial charge on any atom is -0.370 e. The standard InChI is InChI=1S/C20H26FN5O.HI/c1-22-19(23-14-20(6-7-20)16-4-3-5-17(21)10-16)26-8-9-27-18(13-26)15-11-24-25(2)12-15;/h3-5,10-12,18H,6-9,13-14H2,1-2H3,(H,22,23);1H. The number of morpholine rings is 1. The van der Waals surface area contributed by atoms with E-state index in [0.29, 0.717) is 6.61 Å². The molecular weight excluding hydrogens is 472 g/mol. The third kappa shape index (κ3) is 4.48. The smallest absolute Gasteiger partial charge is 0.193 e. The van der Waals surface area contributed by atoms with Gasteiger partial charge in [-0.15, -0.1) is 24.0 Å². The number of nitrogens with zero attached hydrogens (tertiary/aromatic N) is 4. The van der Waals surface area contributed by atoms with E-state index in [0.717, 1.165) is 49.6 Å². The molecule has 0 spiro atoms. The number of aryl methyl sites for hydroxylation is 1. The van der Waals surface area contributed by atoms with E-state index in [-0.39, 0.29) is 41.3 Å². The van der Waals surface area contributed by atoms with E-state index >= 15 is 0 Å². The third-order valence-corrected chi connectivity index (χ3v) is 5.55. The van der Waals surface area contributed by atoms with Crippen molar-refractivity contribution >= 4 is 29.9 Å². The SMILES string of the molecule is CN=C(NCC1(c2cccc(F)c2)CC1)N1CCOC(c2cnn(C)c2)C1.I. The van der Waals surface area contributed by atoms with Crippen LogP contribution in [0.25, 0.3) is 0 Å². The van der Waals surface area contributed by atoms with Crippen molar-refractivity contribution in [3.63, 3.8) is 0 Å². The molecular formula is C20H27FIN5O. The van der Waals surface area contributed by atoms with Crippen LogP contribution in [0.15, 0.2) is 41.7 Å². The number of benzene rings is 1. The monoisotopic (exact) mass is 499 g/mol. The summed E-state index contributed by atoms with van der Waals surface area (Å²) in [6.45, 7) is 2.94. The van der Waals surface area contributed by atoms with Gasteiger partial charge in [0.2, 0.25) is 0 Å². The summed E-state index contributed by atoms with van der Waals surface area (Å²) in [5.74, 6) is 0.700. The Kier molecular flexibility index (Phi) is 6.59. The fourth-order valence-electron chi connectivity index (χ4n) is 3.77. The minimum absolute atomic E-state index is 0. The number of ether oxygens (including phenoxy) is 1. The normalized spacial score (nSPS) is 21.2. The molecule has 28 heavy (non-hydrogen) atoms. The molecule has 0 radical (unpaired) electrons. The minimum atomic E-state index is -0.171. The fraction of sp³-hybridized carbons (Fsp3) is 0.500. The molecule has 1 aliphatic heterocycles. The largest absolute Gasteiger partial charge is 0.370 e. The van der Waals surface area contributed by atoms with Gasteiger partial charge in [-0.1, -0.05) is 12.1 Å². The summed E-state index contributed by atoms with van der Waals surface area (Å²) in [6, 6.07) is 6.97. The maximum absolute atomic E-state index is 13.6. The van der Waals surface area contributed by atoms with E-state index in [1.807, 2.05) is 25.5 Å². The van der Waals surface area contributed by atoms with Crippen molar-refractivity contribution in [3.8, 4) is 0 Å². The molecule has 2 fully saturated rings. The molecule has 2 aromatic rings. The van der Waals surface area contributed by atoms with Gasteiger partial charge in [-0.05, 0) is 30.5 Å². The van der Waals surface area contributed by atoms with Gasteiger partial charge in [0, 0.05) is 44.4 Å². The Labute approximate surface area is 182 Å². The summed E-state index contributed by atoms with van der Waals surface area (Å²) in [7, 11) is 3.71. The van der Waals surface area contributed by atoms with Gasteiger partial charge in [0.25, 0.3) is 0 Å². The molecule has 1 N–H and O–H groups in total. The van der Waals surface area contributed by atoms with Gasteiger partial charge in [0.15, 0.2) is 5.96 Å². The Morgan fingerprint density at radius 2 is 2.25 bits per heavy atom. The molecule has 4 rings (SSSR count). The van der Waals surface area contributed by atoms with E-state index in [1.165, 1.54) is 6.07 Å². The lowest BCUT2D eigenvalue weighted by atomic mass is 9.96. The Morgan fingerprint density at radius 3 is 2.89 bits per heavy atom. The molecule has 1 aliphatic carbocycles. The highest BCUT2D eigenvalue weighted by Crippen LogP contribution is 2.47. The van der Waals surface area contributed by atoms with Gasteiger partial charge in [-0.2, -0.15) is 5.10 Å². The molecule has 2 heterocycles. The molecule has 8 heteroatoms. The first kappa shape index (κ1) is 21.0. The van der Waals surface area contributed by atoms with Gasteiger partial charge >= 0.3 is 0 Å².